The summed E-state index contributed by atoms with van der Waals surface area (Å²) in [7, 11) is 0. The van der Waals surface area contributed by atoms with E-state index in [2.05, 4.69) is 215 Å². The lowest BCUT2D eigenvalue weighted by Gasteiger charge is -2.10. The maximum Gasteiger partial charge on any atom is 0.164 e. The highest BCUT2D eigenvalue weighted by molar-refractivity contribution is 7.25. The highest BCUT2D eigenvalue weighted by atomic mass is 32.1. The van der Waals surface area contributed by atoms with E-state index in [0.29, 0.717) is 34.9 Å². The molecule has 532 valence electrons. The number of hydrogen-bond acceptors (Lipinski definition) is 10. The van der Waals surface area contributed by atoms with Crippen LogP contribution >= 0.6 is 11.3 Å². The van der Waals surface area contributed by atoms with E-state index < -0.39 is 0 Å². The van der Waals surface area contributed by atoms with Crippen molar-refractivity contribution in [2.45, 2.75) is 0 Å². The molecule has 8 aromatic heterocycles. The number of rotatable bonds is 10. The fourth-order valence-electron chi connectivity index (χ4n) is 16.6. The van der Waals surface area contributed by atoms with Gasteiger partial charge >= 0.3 is 0 Å². The summed E-state index contributed by atoms with van der Waals surface area (Å²) in [6.45, 7) is 0. The van der Waals surface area contributed by atoms with Crippen molar-refractivity contribution in [1.82, 2.24) is 39.0 Å². The molecular weight excluding hydrogens is 1420 g/mol. The molecule has 0 bridgehead atoms. The minimum atomic E-state index is 0.605. The molecule has 0 atom stereocenters. The molecule has 0 amide bonds. The molecule has 24 aromatic rings. The molecule has 0 saturated heterocycles. The summed E-state index contributed by atoms with van der Waals surface area (Å²) in [4.78, 5) is 29.8. The molecule has 0 radical (unpaired) electrons. The van der Waals surface area contributed by atoms with Gasteiger partial charge in [0.1, 0.15) is 33.5 Å². The summed E-state index contributed by atoms with van der Waals surface area (Å²) >= 11 is 1.81. The van der Waals surface area contributed by atoms with Crippen LogP contribution in [0.3, 0.4) is 0 Å². The van der Waals surface area contributed by atoms with Gasteiger partial charge in [-0.15, -0.1) is 11.3 Å². The zero-order valence-corrected chi connectivity index (χ0v) is 61.7. The number of thiophene rings is 1. The Morgan fingerprint density at radius 1 is 0.175 bits per heavy atom. The molecule has 0 N–H and O–H groups in total. The van der Waals surface area contributed by atoms with Crippen LogP contribution in [0.1, 0.15) is 0 Å². The van der Waals surface area contributed by atoms with Crippen LogP contribution in [0.4, 0.5) is 0 Å². The van der Waals surface area contributed by atoms with Gasteiger partial charge in [-0.05, 0) is 168 Å². The van der Waals surface area contributed by atoms with Crippen LogP contribution in [-0.4, -0.2) is 39.0 Å². The average Bonchev–Trinajstić information content (AvgIpc) is 1.58. The molecule has 0 aliphatic rings. The van der Waals surface area contributed by atoms with E-state index >= 15 is 0 Å². The van der Waals surface area contributed by atoms with Crippen LogP contribution in [-0.2, 0) is 0 Å². The molecule has 8 heterocycles. The van der Waals surface area contributed by atoms with Gasteiger partial charge in [0.2, 0.25) is 0 Å². The summed E-state index contributed by atoms with van der Waals surface area (Å²) < 4.78 is 25.9. The minimum Gasteiger partial charge on any atom is -0.456 e. The number of fused-ring (bicyclic) bond motifs is 18. The predicted molar refractivity (Wildman–Crippen MR) is 467 cm³/mol. The smallest absolute Gasteiger partial charge is 0.164 e. The van der Waals surface area contributed by atoms with Crippen molar-refractivity contribution >= 4 is 141 Å². The van der Waals surface area contributed by atoms with Crippen LogP contribution in [0.5, 0.6) is 0 Å². The Hall–Kier alpha value is -15.2. The second-order valence-electron chi connectivity index (χ2n) is 28.9. The van der Waals surface area contributed by atoms with E-state index in [1.54, 1.807) is 0 Å². The van der Waals surface area contributed by atoms with E-state index in [0.717, 1.165) is 133 Å². The standard InChI is InChI=1S/C51H30N4O2.C51H30N4OS/c2*1-3-11-31(12-4-1)49-52-50(32-13-5-2-6-14-32)54-51(53-49)35-21-25-47-41(29-35)42-30-36(22-26-48(42)57-47)55-43-17-9-7-15-37(43)39-27-33(19-23-44(39)55)34-20-24-46-40(28-34)38-16-8-10-18-45(38)56-46/h2*1-30H. The van der Waals surface area contributed by atoms with Crippen LogP contribution in [0.15, 0.2) is 377 Å². The largest absolute Gasteiger partial charge is 0.456 e. The van der Waals surface area contributed by atoms with E-state index in [9.17, 15) is 0 Å². The normalized spacial score (nSPS) is 11.9. The fourth-order valence-corrected chi connectivity index (χ4v) is 17.7. The Bertz CT molecular complexity index is 7410. The summed E-state index contributed by atoms with van der Waals surface area (Å²) in [6, 6.07) is 127. The lowest BCUT2D eigenvalue weighted by atomic mass is 10.0. The molecule has 0 aliphatic heterocycles. The molecule has 16 aromatic carbocycles. The molecule has 0 aliphatic carbocycles. The van der Waals surface area contributed by atoms with Crippen LogP contribution in [0.25, 0.3) is 232 Å². The Labute approximate surface area is 654 Å². The first-order valence-electron chi connectivity index (χ1n) is 38.0. The maximum absolute atomic E-state index is 6.42. The van der Waals surface area contributed by atoms with Gasteiger partial charge in [-0.2, -0.15) is 0 Å². The third kappa shape index (κ3) is 10.9. The first-order chi connectivity index (χ1) is 56.4. The van der Waals surface area contributed by atoms with Gasteiger partial charge in [0.05, 0.1) is 22.1 Å². The number of benzene rings is 16. The molecular formula is C102H60N8O3S. The zero-order valence-electron chi connectivity index (χ0n) is 60.9. The highest BCUT2D eigenvalue weighted by Gasteiger charge is 2.22. The van der Waals surface area contributed by atoms with Gasteiger partial charge in [-0.1, -0.05) is 218 Å². The lowest BCUT2D eigenvalue weighted by Crippen LogP contribution is -2.00. The van der Waals surface area contributed by atoms with Crippen LogP contribution in [0, 0.1) is 0 Å². The Morgan fingerprint density at radius 2 is 0.439 bits per heavy atom. The number of aromatic nitrogens is 8. The van der Waals surface area contributed by atoms with Crippen molar-refractivity contribution in [3.8, 4) is 102 Å². The second-order valence-corrected chi connectivity index (χ2v) is 29.9. The highest BCUT2D eigenvalue weighted by Crippen LogP contribution is 2.44. The molecule has 12 heteroatoms. The fraction of sp³-hybridized carbons (Fsp3) is 0. The van der Waals surface area contributed by atoms with Crippen LogP contribution < -0.4 is 0 Å². The Morgan fingerprint density at radius 3 is 0.877 bits per heavy atom. The van der Waals surface area contributed by atoms with Crippen molar-refractivity contribution in [3.05, 3.63) is 364 Å². The molecule has 0 unspecified atom stereocenters. The second kappa shape index (κ2) is 26.2. The Kier molecular flexibility index (Phi) is 14.9. The molecule has 114 heavy (non-hydrogen) atoms. The Balaban J connectivity index is 0.000000135. The van der Waals surface area contributed by atoms with Crippen molar-refractivity contribution in [1.29, 1.82) is 0 Å². The van der Waals surface area contributed by atoms with Gasteiger partial charge in [0, 0.05) is 119 Å². The van der Waals surface area contributed by atoms with Crippen molar-refractivity contribution in [3.63, 3.8) is 0 Å². The summed E-state index contributed by atoms with van der Waals surface area (Å²) in [5.41, 5.74) is 22.3. The molecule has 11 nitrogen and oxygen atoms in total. The van der Waals surface area contributed by atoms with Crippen LogP contribution in [0.2, 0.25) is 0 Å². The van der Waals surface area contributed by atoms with Gasteiger partial charge in [0.25, 0.3) is 0 Å². The molecule has 0 saturated carbocycles. The first kappa shape index (κ1) is 64.7. The zero-order chi connectivity index (χ0) is 74.9. The third-order valence-corrected chi connectivity index (χ3v) is 23.3. The molecule has 0 spiro atoms. The van der Waals surface area contributed by atoms with Crippen molar-refractivity contribution in [2.75, 3.05) is 0 Å². The SMILES string of the molecule is c1ccc(-c2nc(-c3ccccc3)nc(-c3ccc4oc5ccc(-n6c7ccccc7c7cc(-c8ccc9oc%10ccccc%10c9c8)ccc76)cc5c4c3)n2)cc1.c1ccc(-c2nc(-c3ccccc3)nc(-c3ccc4sc5ccc(-n6c7ccccc7c7cc(-c8ccc9oc%10ccccc%10c9c8)ccc76)cc5c4c3)n2)cc1. The topological polar surface area (TPSA) is 127 Å². The number of furan rings is 3. The number of para-hydroxylation sites is 4. The predicted octanol–water partition coefficient (Wildman–Crippen LogP) is 27.3. The lowest BCUT2D eigenvalue weighted by molar-refractivity contribution is 0.668. The minimum absolute atomic E-state index is 0.605. The first-order valence-corrected chi connectivity index (χ1v) is 38.8. The van der Waals surface area contributed by atoms with E-state index in [-0.39, 0.29) is 0 Å². The van der Waals surface area contributed by atoms with E-state index in [1.165, 1.54) is 63.9 Å². The van der Waals surface area contributed by atoms with Crippen molar-refractivity contribution in [2.24, 2.45) is 0 Å². The van der Waals surface area contributed by atoms with E-state index in [1.807, 2.05) is 169 Å². The van der Waals surface area contributed by atoms with Gasteiger partial charge in [-0.3, -0.25) is 0 Å². The summed E-state index contributed by atoms with van der Waals surface area (Å²) in [5, 5.41) is 13.8. The van der Waals surface area contributed by atoms with Gasteiger partial charge in [-0.25, -0.2) is 29.9 Å². The number of hydrogen-bond donors (Lipinski definition) is 0. The number of nitrogens with zero attached hydrogens (tertiary/aromatic N) is 8. The summed E-state index contributed by atoms with van der Waals surface area (Å²) in [5.74, 6) is 3.82. The van der Waals surface area contributed by atoms with Gasteiger partial charge in [0.15, 0.2) is 34.9 Å². The molecule has 0 fully saturated rings. The van der Waals surface area contributed by atoms with Crippen molar-refractivity contribution < 1.29 is 13.3 Å². The maximum atomic E-state index is 6.42. The average molecular weight is 1480 g/mol. The monoisotopic (exact) mass is 1480 g/mol. The quantitative estimate of drug-likeness (QED) is 0.131. The molecule has 24 rings (SSSR count). The van der Waals surface area contributed by atoms with E-state index in [4.69, 9.17) is 43.2 Å². The summed E-state index contributed by atoms with van der Waals surface area (Å²) in [6.07, 6.45) is 0. The van der Waals surface area contributed by atoms with Gasteiger partial charge < -0.3 is 22.4 Å². The third-order valence-electron chi connectivity index (χ3n) is 22.1.